The molecule has 0 bridgehead atoms. The quantitative estimate of drug-likeness (QED) is 0.850. The van der Waals surface area contributed by atoms with E-state index in [4.69, 9.17) is 9.52 Å². The first kappa shape index (κ1) is 14.6. The van der Waals surface area contributed by atoms with Crippen molar-refractivity contribution < 1.29 is 19.1 Å². The highest BCUT2D eigenvalue weighted by atomic mass is 16.4. The van der Waals surface area contributed by atoms with Crippen LogP contribution in [0.2, 0.25) is 0 Å². The summed E-state index contributed by atoms with van der Waals surface area (Å²) < 4.78 is 5.25. The number of rotatable bonds is 5. The van der Waals surface area contributed by atoms with Gasteiger partial charge in [0.25, 0.3) is 0 Å². The lowest BCUT2D eigenvalue weighted by Gasteiger charge is -2.31. The molecule has 1 aromatic rings. The molecule has 1 aliphatic rings. The van der Waals surface area contributed by atoms with Crippen LogP contribution in [0.5, 0.6) is 0 Å². The van der Waals surface area contributed by atoms with Crippen molar-refractivity contribution in [2.75, 3.05) is 19.6 Å². The van der Waals surface area contributed by atoms with Gasteiger partial charge in [0.1, 0.15) is 11.3 Å². The van der Waals surface area contributed by atoms with Gasteiger partial charge in [0, 0.05) is 13.5 Å². The number of amides is 1. The van der Waals surface area contributed by atoms with Gasteiger partial charge in [0.15, 0.2) is 0 Å². The van der Waals surface area contributed by atoms with Gasteiger partial charge in [-0.15, -0.1) is 0 Å². The fourth-order valence-electron chi connectivity index (χ4n) is 2.49. The average molecular weight is 280 g/mol. The summed E-state index contributed by atoms with van der Waals surface area (Å²) in [6, 6.07) is 1.49. The highest BCUT2D eigenvalue weighted by Crippen LogP contribution is 2.20. The Kier molecular flexibility index (Phi) is 4.79. The van der Waals surface area contributed by atoms with E-state index in [1.165, 1.54) is 19.3 Å². The summed E-state index contributed by atoms with van der Waals surface area (Å²) in [6.07, 6.45) is 3.43. The number of carboxylic acids is 1. The van der Waals surface area contributed by atoms with E-state index in [2.05, 4.69) is 10.2 Å². The molecule has 1 amide bonds. The second-order valence-corrected chi connectivity index (χ2v) is 5.22. The van der Waals surface area contributed by atoms with Gasteiger partial charge in [-0.1, -0.05) is 0 Å². The molecular formula is C14H20N2O4. The predicted octanol–water partition coefficient (Wildman–Crippen LogP) is 1.33. The minimum absolute atomic E-state index is 0.00844. The van der Waals surface area contributed by atoms with Crippen molar-refractivity contribution in [1.82, 2.24) is 10.2 Å². The van der Waals surface area contributed by atoms with Gasteiger partial charge >= 0.3 is 5.97 Å². The lowest BCUT2D eigenvalue weighted by Crippen LogP contribution is -2.37. The molecule has 0 aliphatic carbocycles. The maximum Gasteiger partial charge on any atom is 0.339 e. The molecular weight excluding hydrogens is 260 g/mol. The Morgan fingerprint density at radius 1 is 1.45 bits per heavy atom. The third kappa shape index (κ3) is 3.84. The molecule has 1 fully saturated rings. The van der Waals surface area contributed by atoms with Crippen LogP contribution in [-0.4, -0.2) is 41.5 Å². The first-order chi connectivity index (χ1) is 9.56. The summed E-state index contributed by atoms with van der Waals surface area (Å²) in [7, 11) is 0. The van der Waals surface area contributed by atoms with Crippen LogP contribution in [0.3, 0.4) is 0 Å². The van der Waals surface area contributed by atoms with Crippen LogP contribution in [-0.2, 0) is 11.3 Å². The highest BCUT2D eigenvalue weighted by Gasteiger charge is 2.22. The van der Waals surface area contributed by atoms with E-state index in [1.807, 2.05) is 0 Å². The number of hydrogen-bond donors (Lipinski definition) is 2. The van der Waals surface area contributed by atoms with Crippen molar-refractivity contribution in [3.05, 3.63) is 23.7 Å². The largest absolute Gasteiger partial charge is 0.478 e. The molecule has 1 saturated heterocycles. The van der Waals surface area contributed by atoms with Crippen LogP contribution in [0.25, 0.3) is 0 Å². The number of nitrogens with zero attached hydrogens (tertiary/aromatic N) is 1. The Morgan fingerprint density at radius 2 is 2.15 bits per heavy atom. The zero-order valence-corrected chi connectivity index (χ0v) is 11.6. The number of likely N-dealkylation sites (tertiary alicyclic amines) is 1. The molecule has 0 unspecified atom stereocenters. The number of aromatic carboxylic acids is 1. The second-order valence-electron chi connectivity index (χ2n) is 5.22. The van der Waals surface area contributed by atoms with Gasteiger partial charge in [0.2, 0.25) is 5.91 Å². The van der Waals surface area contributed by atoms with E-state index in [9.17, 15) is 9.59 Å². The third-order valence-electron chi connectivity index (χ3n) is 3.69. The number of hydrogen-bond acceptors (Lipinski definition) is 4. The first-order valence-corrected chi connectivity index (χ1v) is 6.82. The number of nitrogens with one attached hydrogen (secondary N) is 1. The maximum atomic E-state index is 11.0. The van der Waals surface area contributed by atoms with E-state index < -0.39 is 5.97 Å². The molecule has 6 heteroatoms. The van der Waals surface area contributed by atoms with Gasteiger partial charge in [-0.2, -0.15) is 0 Å². The molecule has 110 valence electrons. The lowest BCUT2D eigenvalue weighted by molar-refractivity contribution is -0.119. The zero-order valence-electron chi connectivity index (χ0n) is 11.6. The van der Waals surface area contributed by atoms with Gasteiger partial charge in [-0.25, -0.2) is 4.79 Å². The molecule has 20 heavy (non-hydrogen) atoms. The van der Waals surface area contributed by atoms with E-state index in [1.54, 1.807) is 0 Å². The highest BCUT2D eigenvalue weighted by molar-refractivity contribution is 5.88. The Labute approximate surface area is 117 Å². The topological polar surface area (TPSA) is 82.8 Å². The molecule has 2 N–H and O–H groups in total. The molecule has 1 aromatic heterocycles. The summed E-state index contributed by atoms with van der Waals surface area (Å²) in [5, 5.41) is 11.9. The van der Waals surface area contributed by atoms with E-state index in [0.29, 0.717) is 18.2 Å². The first-order valence-electron chi connectivity index (χ1n) is 6.82. The van der Waals surface area contributed by atoms with Crippen LogP contribution in [0, 0.1) is 5.92 Å². The minimum Gasteiger partial charge on any atom is -0.478 e. The molecule has 0 aromatic carbocycles. The smallest absolute Gasteiger partial charge is 0.339 e. The molecule has 1 aliphatic heterocycles. The van der Waals surface area contributed by atoms with Crippen molar-refractivity contribution in [3.63, 3.8) is 0 Å². The Morgan fingerprint density at radius 3 is 2.75 bits per heavy atom. The Balaban J connectivity index is 1.81. The molecule has 0 saturated carbocycles. The Hall–Kier alpha value is -1.82. The minimum atomic E-state index is -0.950. The summed E-state index contributed by atoms with van der Waals surface area (Å²) in [4.78, 5) is 24.1. The van der Waals surface area contributed by atoms with Gasteiger partial charge in [-0.3, -0.25) is 9.69 Å². The van der Waals surface area contributed by atoms with Crippen LogP contribution in [0.1, 0.15) is 35.9 Å². The van der Waals surface area contributed by atoms with Crippen LogP contribution < -0.4 is 5.32 Å². The number of furan rings is 1. The van der Waals surface area contributed by atoms with E-state index in [0.717, 1.165) is 32.5 Å². The zero-order chi connectivity index (χ0) is 14.5. The van der Waals surface area contributed by atoms with Gasteiger partial charge in [0.05, 0.1) is 12.8 Å². The Bertz CT molecular complexity index is 475. The van der Waals surface area contributed by atoms with Crippen molar-refractivity contribution in [2.24, 2.45) is 5.92 Å². The standard InChI is InChI=1S/C14H20N2O4/c1-10(17)15-8-11-2-5-16(6-3-11)9-13-12(14(18)19)4-7-20-13/h4,7,11H,2-3,5-6,8-9H2,1H3,(H,15,17)(H,18,19). The van der Waals surface area contributed by atoms with Crippen molar-refractivity contribution >= 4 is 11.9 Å². The number of carbonyl (C=O) groups excluding carboxylic acids is 1. The van der Waals surface area contributed by atoms with Crippen LogP contribution >= 0.6 is 0 Å². The second kappa shape index (κ2) is 6.56. The average Bonchev–Trinajstić information content (AvgIpc) is 2.86. The summed E-state index contributed by atoms with van der Waals surface area (Å²) in [5.74, 6) is 0.0758. The molecule has 0 radical (unpaired) electrons. The maximum absolute atomic E-state index is 11.0. The number of carboxylic acid groups (broad SMARTS) is 1. The SMILES string of the molecule is CC(=O)NCC1CCN(Cc2occc2C(=O)O)CC1. The lowest BCUT2D eigenvalue weighted by atomic mass is 9.96. The molecule has 2 rings (SSSR count). The van der Waals surface area contributed by atoms with Gasteiger partial charge in [-0.05, 0) is 37.9 Å². The summed E-state index contributed by atoms with van der Waals surface area (Å²) >= 11 is 0. The fraction of sp³-hybridized carbons (Fsp3) is 0.571. The van der Waals surface area contributed by atoms with Gasteiger partial charge < -0.3 is 14.8 Å². The molecule has 2 heterocycles. The van der Waals surface area contributed by atoms with Crippen molar-refractivity contribution in [3.8, 4) is 0 Å². The molecule has 0 atom stereocenters. The van der Waals surface area contributed by atoms with Crippen molar-refractivity contribution in [1.29, 1.82) is 0 Å². The fourth-order valence-corrected chi connectivity index (χ4v) is 2.49. The van der Waals surface area contributed by atoms with Crippen LogP contribution in [0.15, 0.2) is 16.7 Å². The van der Waals surface area contributed by atoms with E-state index >= 15 is 0 Å². The number of carbonyl (C=O) groups is 2. The summed E-state index contributed by atoms with van der Waals surface area (Å²) in [5.41, 5.74) is 0.241. The monoisotopic (exact) mass is 280 g/mol. The number of piperidine rings is 1. The van der Waals surface area contributed by atoms with E-state index in [-0.39, 0.29) is 11.5 Å². The molecule has 0 spiro atoms. The third-order valence-corrected chi connectivity index (χ3v) is 3.69. The predicted molar refractivity (Wildman–Crippen MR) is 72.4 cm³/mol. The normalized spacial score (nSPS) is 17.1. The van der Waals surface area contributed by atoms with Crippen LogP contribution in [0.4, 0.5) is 0 Å². The van der Waals surface area contributed by atoms with Crippen molar-refractivity contribution in [2.45, 2.75) is 26.3 Å². The molecule has 6 nitrogen and oxygen atoms in total. The summed E-state index contributed by atoms with van der Waals surface area (Å²) in [6.45, 7) is 4.57.